The van der Waals surface area contributed by atoms with Gasteiger partial charge in [0.05, 0.1) is 122 Å². The quantitative estimate of drug-likeness (QED) is 0.00699. The van der Waals surface area contributed by atoms with Crippen LogP contribution in [0.5, 0.6) is 0 Å². The van der Waals surface area contributed by atoms with Crippen LogP contribution in [0.15, 0.2) is 24.3 Å². The third-order valence-corrected chi connectivity index (χ3v) is 21.1. The van der Waals surface area contributed by atoms with Crippen LogP contribution in [0.2, 0.25) is 0 Å². The maximum absolute atomic E-state index is 13.6. The summed E-state index contributed by atoms with van der Waals surface area (Å²) < 4.78 is 49.1. The topological polar surface area (TPSA) is 453 Å². The lowest BCUT2D eigenvalue weighted by Gasteiger charge is -2.28. The summed E-state index contributed by atoms with van der Waals surface area (Å²) in [5.74, 6) is -7.87. The van der Waals surface area contributed by atoms with E-state index in [2.05, 4.69) is 26.6 Å². The number of anilines is 1. The number of nitrogens with one attached hydrogen (secondary N) is 6. The zero-order valence-electron chi connectivity index (χ0n) is 61.2. The lowest BCUT2D eigenvalue weighted by molar-refractivity contribution is -0.155. The van der Waals surface area contributed by atoms with Crippen LogP contribution in [0.4, 0.5) is 5.69 Å². The number of nitrogens with zero attached hydrogens (tertiary/aromatic N) is 4. The molecule has 4 heterocycles. The number of β-lactam (4-membered cyclic amide) rings is 1. The number of amidine groups is 1. The number of ketones is 5. The van der Waals surface area contributed by atoms with Crippen molar-refractivity contribution < 1.29 is 119 Å². The highest BCUT2D eigenvalue weighted by Gasteiger charge is 2.51. The highest BCUT2D eigenvalue weighted by molar-refractivity contribution is 8.93. The molecule has 4 aliphatic rings. The van der Waals surface area contributed by atoms with E-state index >= 15 is 0 Å². The van der Waals surface area contributed by atoms with Crippen molar-refractivity contribution in [3.8, 4) is 0 Å². The lowest BCUT2D eigenvalue weighted by atomic mass is 9.72. The second-order valence-corrected chi connectivity index (χ2v) is 30.0. The number of carbonyl (C=O) groups excluding carboxylic acids is 16. The number of Topliss-reactive ketones (excluding diaryl/α,β-unsaturated/α-hetero) is 5. The molecule has 108 heavy (non-hydrogen) atoms. The molecule has 0 radical (unpaired) electrons. The van der Waals surface area contributed by atoms with E-state index in [1.165, 1.54) is 16.7 Å². The van der Waals surface area contributed by atoms with E-state index in [1.807, 2.05) is 0 Å². The molecule has 600 valence electrons. The second-order valence-electron chi connectivity index (χ2n) is 24.6. The van der Waals surface area contributed by atoms with Gasteiger partial charge in [0.1, 0.15) is 30.9 Å². The van der Waals surface area contributed by atoms with E-state index in [4.69, 9.17) is 48.0 Å². The molecule has 2 unspecified atom stereocenters. The Morgan fingerprint density at radius 2 is 0.972 bits per heavy atom. The Balaban J connectivity index is 0.940. The first-order chi connectivity index (χ1) is 51.9. The molecule has 4 saturated heterocycles. The van der Waals surface area contributed by atoms with E-state index in [0.29, 0.717) is 115 Å². The molecule has 39 heteroatoms. The summed E-state index contributed by atoms with van der Waals surface area (Å²) in [4.78, 5) is 207. The van der Waals surface area contributed by atoms with Gasteiger partial charge in [0.15, 0.2) is 28.9 Å². The van der Waals surface area contributed by atoms with Crippen molar-refractivity contribution in [2.75, 3.05) is 195 Å². The number of benzene rings is 1. The van der Waals surface area contributed by atoms with E-state index < -0.39 is 113 Å². The Morgan fingerprint density at radius 1 is 0.509 bits per heavy atom. The van der Waals surface area contributed by atoms with Crippen LogP contribution in [0.25, 0.3) is 0 Å². The zero-order chi connectivity index (χ0) is 78.6. The first kappa shape index (κ1) is 91.5. The highest BCUT2D eigenvalue weighted by atomic mass is 33.2. The fourth-order valence-electron chi connectivity index (χ4n) is 10.7. The molecule has 0 bridgehead atoms. The van der Waals surface area contributed by atoms with Crippen LogP contribution in [0, 0.1) is 10.8 Å². The fraction of sp³-hybridized carbons (Fsp3) is 0.667. The third-order valence-electron chi connectivity index (χ3n) is 16.6. The molecule has 1 aromatic carbocycles. The van der Waals surface area contributed by atoms with Crippen LogP contribution in [-0.2, 0) is 126 Å². The second kappa shape index (κ2) is 51.3. The van der Waals surface area contributed by atoms with Gasteiger partial charge in [-0.1, -0.05) is 33.7 Å². The molecule has 35 nitrogen and oxygen atoms in total. The third kappa shape index (κ3) is 34.0. The monoisotopic (exact) mass is 1600 g/mol. The van der Waals surface area contributed by atoms with Crippen LogP contribution in [-0.4, -0.2) is 324 Å². The van der Waals surface area contributed by atoms with Crippen molar-refractivity contribution in [1.82, 2.24) is 40.9 Å². The molecule has 11 amide bonds. The number of rotatable bonds is 62. The molecule has 5 rings (SSSR count). The Bertz CT molecular complexity index is 3210. The van der Waals surface area contributed by atoms with Crippen molar-refractivity contribution in [1.29, 1.82) is 5.41 Å². The van der Waals surface area contributed by atoms with Gasteiger partial charge >= 0.3 is 0 Å². The molecule has 4 fully saturated rings. The summed E-state index contributed by atoms with van der Waals surface area (Å²) in [6.07, 6.45) is 1.75. The van der Waals surface area contributed by atoms with Gasteiger partial charge in [0.2, 0.25) is 70.4 Å². The number of hydrogen-bond acceptors (Lipinski definition) is 30. The molecule has 6 N–H and O–H groups in total. The summed E-state index contributed by atoms with van der Waals surface area (Å²) in [6, 6.07) is 6.61. The molecule has 1 aromatic rings. The standard InChI is InChI=1S/C69H100N10O25S4/c1-47(80)69(48(2)81,49(3)82)55(84)14-24-97-28-32-101-36-38-103-34-30-99-26-19-74-57(85)15-40-106-54-42-64(92)79(67(54)95)22-17-73-59(87)44-76(65(93)46-104-45-60(88)75-51-9-6-50(7-10-51)8-11-61(89)77-20-12-62(77)90)43-58(86)72-16-21-78-63(91)41-53(66(78)94)105-39-4-5-56(70)71-18-25-98-29-33-102-37-35-100-31-27-96-23-13-52(83)68-107-108-68/h6-7,9-10,53-54,68H,4-5,8,11-46H2,1-3H3,(H2,70,71)(H,72,86)(H,73,87)(H,74,85)(H,75,88). The SMILES string of the molecule is CC(=O)C(C(C)=O)(C(C)=O)C(=O)CCOCCOCCOCCOCCNC(=O)CCSC1CC(=O)N(CCNC(=O)CN(CC(=O)NCCN2C(=O)CC(SCCCC(=N)NCCOCCOCCOCCOCCC(=O)C3SS3)C2=O)C(=O)COCC(=O)Nc2ccc(CCC(=O)N3CCC3=O)cc2)C1=O. The Labute approximate surface area is 642 Å². The maximum atomic E-state index is 13.6. The minimum absolute atomic E-state index is 0.0379. The van der Waals surface area contributed by atoms with Crippen LogP contribution in [0.3, 0.4) is 0 Å². The van der Waals surface area contributed by atoms with Crippen LogP contribution in [0.1, 0.15) is 84.1 Å². The van der Waals surface area contributed by atoms with Crippen molar-refractivity contribution in [2.45, 2.75) is 100 Å². The summed E-state index contributed by atoms with van der Waals surface area (Å²) in [7, 11) is 3.14. The van der Waals surface area contributed by atoms with Crippen molar-refractivity contribution in [2.24, 2.45) is 5.41 Å². The smallest absolute Gasteiger partial charge is 0.250 e. The molecule has 0 aliphatic carbocycles. The van der Waals surface area contributed by atoms with E-state index in [1.54, 1.807) is 45.9 Å². The van der Waals surface area contributed by atoms with Crippen molar-refractivity contribution in [3.63, 3.8) is 0 Å². The molecule has 4 aliphatic heterocycles. The van der Waals surface area contributed by atoms with Crippen LogP contribution >= 0.6 is 45.1 Å². The summed E-state index contributed by atoms with van der Waals surface area (Å²) in [5.41, 5.74) is -1.14. The summed E-state index contributed by atoms with van der Waals surface area (Å²) in [6.45, 7) is 4.86. The number of thioether (sulfide) groups is 2. The predicted molar refractivity (Wildman–Crippen MR) is 395 cm³/mol. The van der Waals surface area contributed by atoms with Gasteiger partial charge in [0.25, 0.3) is 0 Å². The number of aryl methyl sites for hydroxylation is 1. The molecule has 2 atom stereocenters. The van der Waals surface area contributed by atoms with E-state index in [0.717, 1.165) is 52.8 Å². The maximum Gasteiger partial charge on any atom is 0.250 e. The fourth-order valence-corrected chi connectivity index (χ4v) is 14.3. The Kier molecular flexibility index (Phi) is 43.5. The Morgan fingerprint density at radius 3 is 1.44 bits per heavy atom. The first-order valence-electron chi connectivity index (χ1n) is 35.6. The summed E-state index contributed by atoms with van der Waals surface area (Å²) >= 11 is 2.42. The molecule has 0 saturated carbocycles. The first-order valence-corrected chi connectivity index (χ1v) is 39.9. The number of imide groups is 3. The van der Waals surface area contributed by atoms with E-state index in [9.17, 15) is 76.7 Å². The predicted octanol–water partition coefficient (Wildman–Crippen LogP) is -0.505. The number of hydrogen-bond donors (Lipinski definition) is 6. The average Bonchev–Trinajstić information content (AvgIpc) is 1.01. The van der Waals surface area contributed by atoms with Gasteiger partial charge < -0.3 is 74.1 Å². The normalized spacial score (nSPS) is 15.6. The van der Waals surface area contributed by atoms with Crippen LogP contribution < -0.4 is 26.6 Å². The molecular weight excluding hydrogens is 1500 g/mol. The number of likely N-dealkylation sites (tertiary alicyclic amines) is 3. The minimum atomic E-state index is -2.30. The van der Waals surface area contributed by atoms with Gasteiger partial charge in [-0.3, -0.25) is 96.8 Å². The van der Waals surface area contributed by atoms with Crippen molar-refractivity contribution >= 4 is 151 Å². The van der Waals surface area contributed by atoms with Gasteiger partial charge in [-0.2, -0.15) is 0 Å². The molecule has 0 spiro atoms. The number of ether oxygens (including phenoxy) is 9. The zero-order valence-corrected chi connectivity index (χ0v) is 64.5. The van der Waals surface area contributed by atoms with Gasteiger partial charge in [0, 0.05) is 109 Å². The highest BCUT2D eigenvalue weighted by Crippen LogP contribution is 2.53. The number of amides is 11. The minimum Gasteiger partial charge on any atom is -0.379 e. The van der Waals surface area contributed by atoms with Gasteiger partial charge in [-0.05, 0) is 57.1 Å². The van der Waals surface area contributed by atoms with Gasteiger partial charge in [-0.25, -0.2) is 0 Å². The van der Waals surface area contributed by atoms with Crippen molar-refractivity contribution in [3.05, 3.63) is 29.8 Å². The number of carbonyl (C=O) groups is 16. The lowest BCUT2D eigenvalue weighted by Crippen LogP contribution is -2.50. The average molecular weight is 1600 g/mol. The molecule has 0 aromatic heterocycles. The largest absolute Gasteiger partial charge is 0.379 e. The Hall–Kier alpha value is -7.15. The summed E-state index contributed by atoms with van der Waals surface area (Å²) in [5, 5.41) is 20.2. The van der Waals surface area contributed by atoms with E-state index in [-0.39, 0.29) is 152 Å². The van der Waals surface area contributed by atoms with Gasteiger partial charge in [-0.15, -0.1) is 23.5 Å². The molecular formula is C69H100N10O25S4.